The van der Waals surface area contributed by atoms with Gasteiger partial charge in [0.25, 0.3) is 0 Å². The van der Waals surface area contributed by atoms with Crippen LogP contribution in [0.15, 0.2) is 12.1 Å². The molecule has 2 aliphatic rings. The number of nitrogens with two attached hydrogens (primary N) is 1. The Morgan fingerprint density at radius 3 is 2.69 bits per heavy atom. The number of phenolic OH excluding ortho intramolecular Hbond substituents is 1. The summed E-state index contributed by atoms with van der Waals surface area (Å²) in [6.07, 6.45) is 2.63. The highest BCUT2D eigenvalue weighted by atomic mass is 16.5. The molecule has 4 heteroatoms. The third-order valence-corrected chi connectivity index (χ3v) is 3.18. The van der Waals surface area contributed by atoms with Crippen LogP contribution in [0.1, 0.15) is 24.8 Å². The highest BCUT2D eigenvalue weighted by molar-refractivity contribution is 5.58. The van der Waals surface area contributed by atoms with E-state index in [1.165, 1.54) is 0 Å². The molecule has 1 saturated carbocycles. The summed E-state index contributed by atoms with van der Waals surface area (Å²) in [4.78, 5) is 0. The van der Waals surface area contributed by atoms with Crippen LogP contribution in [0, 0.1) is 0 Å². The Bertz CT molecular complexity index is 427. The average molecular weight is 221 g/mol. The minimum Gasteiger partial charge on any atom is -0.507 e. The van der Waals surface area contributed by atoms with Gasteiger partial charge >= 0.3 is 0 Å². The fourth-order valence-corrected chi connectivity index (χ4v) is 2.09. The summed E-state index contributed by atoms with van der Waals surface area (Å²) < 4.78 is 11.2. The van der Waals surface area contributed by atoms with E-state index in [0.717, 1.165) is 19.3 Å². The lowest BCUT2D eigenvalue weighted by Crippen LogP contribution is -2.20. The first-order chi connectivity index (χ1) is 7.71. The number of fused-ring (bicyclic) bond motifs is 1. The number of hydrogen-bond donors (Lipinski definition) is 2. The summed E-state index contributed by atoms with van der Waals surface area (Å²) in [5, 5.41) is 9.92. The largest absolute Gasteiger partial charge is 0.507 e. The number of aromatic hydroxyl groups is 1. The predicted octanol–water partition coefficient (Wildman–Crippen LogP) is 1.50. The van der Waals surface area contributed by atoms with Gasteiger partial charge < -0.3 is 20.3 Å². The highest BCUT2D eigenvalue weighted by Crippen LogP contribution is 2.53. The first kappa shape index (κ1) is 9.78. The molecule has 1 aliphatic carbocycles. The Balaban J connectivity index is 2.14. The van der Waals surface area contributed by atoms with E-state index in [-0.39, 0.29) is 5.75 Å². The first-order valence-corrected chi connectivity index (χ1v) is 5.62. The molecule has 0 atom stereocenters. The van der Waals surface area contributed by atoms with Gasteiger partial charge in [0, 0.05) is 12.0 Å². The van der Waals surface area contributed by atoms with Gasteiger partial charge in [0.2, 0.25) is 0 Å². The zero-order valence-electron chi connectivity index (χ0n) is 9.03. The molecule has 3 N–H and O–H groups in total. The molecule has 1 fully saturated rings. The van der Waals surface area contributed by atoms with E-state index >= 15 is 0 Å². The van der Waals surface area contributed by atoms with Crippen molar-refractivity contribution in [2.45, 2.75) is 24.8 Å². The van der Waals surface area contributed by atoms with Gasteiger partial charge in [-0.3, -0.25) is 0 Å². The van der Waals surface area contributed by atoms with Crippen molar-refractivity contribution in [3.05, 3.63) is 17.7 Å². The van der Waals surface area contributed by atoms with Crippen molar-refractivity contribution in [1.29, 1.82) is 0 Å². The molecule has 4 nitrogen and oxygen atoms in total. The van der Waals surface area contributed by atoms with Crippen molar-refractivity contribution in [2.24, 2.45) is 5.73 Å². The molecule has 86 valence electrons. The molecule has 16 heavy (non-hydrogen) atoms. The summed E-state index contributed by atoms with van der Waals surface area (Å²) in [6.45, 7) is 1.26. The summed E-state index contributed by atoms with van der Waals surface area (Å²) in [5.74, 6) is 1.55. The quantitative estimate of drug-likeness (QED) is 0.754. The molecule has 0 unspecified atom stereocenters. The number of hydrogen-bond acceptors (Lipinski definition) is 4. The van der Waals surface area contributed by atoms with E-state index in [1.54, 1.807) is 12.1 Å². The van der Waals surface area contributed by atoms with Gasteiger partial charge in [-0.15, -0.1) is 0 Å². The molecule has 0 spiro atoms. The maximum absolute atomic E-state index is 9.92. The van der Waals surface area contributed by atoms with Crippen LogP contribution in [0.4, 0.5) is 0 Å². The Hall–Kier alpha value is -1.42. The molecule has 1 heterocycles. The Morgan fingerprint density at radius 1 is 1.19 bits per heavy atom. The number of rotatable bonds is 1. The van der Waals surface area contributed by atoms with Crippen LogP contribution < -0.4 is 15.2 Å². The van der Waals surface area contributed by atoms with Crippen LogP contribution in [0.2, 0.25) is 0 Å². The van der Waals surface area contributed by atoms with Crippen LogP contribution >= 0.6 is 0 Å². The Labute approximate surface area is 94.0 Å². The molecular weight excluding hydrogens is 206 g/mol. The van der Waals surface area contributed by atoms with Crippen LogP contribution in [0.5, 0.6) is 17.2 Å². The van der Waals surface area contributed by atoms with Crippen molar-refractivity contribution in [1.82, 2.24) is 0 Å². The van der Waals surface area contributed by atoms with E-state index in [1.807, 2.05) is 0 Å². The molecule has 1 aliphatic heterocycles. The van der Waals surface area contributed by atoms with E-state index in [9.17, 15) is 5.11 Å². The van der Waals surface area contributed by atoms with Crippen LogP contribution in [-0.4, -0.2) is 18.3 Å². The standard InChI is InChI=1S/C12H15NO3/c13-12(4-5-12)10-8(14)2-3-9-11(10)16-7-1-6-15-9/h2-3,14H,1,4-7,13H2. The van der Waals surface area contributed by atoms with Crippen molar-refractivity contribution in [2.75, 3.05) is 13.2 Å². The van der Waals surface area contributed by atoms with E-state index in [2.05, 4.69) is 0 Å². The fraction of sp³-hybridized carbons (Fsp3) is 0.500. The highest BCUT2D eigenvalue weighted by Gasteiger charge is 2.45. The lowest BCUT2D eigenvalue weighted by atomic mass is 10.0. The lowest BCUT2D eigenvalue weighted by Gasteiger charge is -2.18. The molecular formula is C12H15NO3. The van der Waals surface area contributed by atoms with Crippen molar-refractivity contribution in [3.63, 3.8) is 0 Å². The Morgan fingerprint density at radius 2 is 1.94 bits per heavy atom. The monoisotopic (exact) mass is 221 g/mol. The normalized spacial score (nSPS) is 21.3. The summed E-state index contributed by atoms with van der Waals surface area (Å²) in [7, 11) is 0. The summed E-state index contributed by atoms with van der Waals surface area (Å²) >= 11 is 0. The number of ether oxygens (including phenoxy) is 2. The fourth-order valence-electron chi connectivity index (χ4n) is 2.09. The average Bonchev–Trinajstić information content (AvgIpc) is 3.02. The topological polar surface area (TPSA) is 64.7 Å². The van der Waals surface area contributed by atoms with E-state index in [4.69, 9.17) is 15.2 Å². The van der Waals surface area contributed by atoms with E-state index in [0.29, 0.717) is 30.3 Å². The maximum Gasteiger partial charge on any atom is 0.169 e. The van der Waals surface area contributed by atoms with Crippen LogP contribution in [0.25, 0.3) is 0 Å². The number of phenols is 1. The molecule has 0 radical (unpaired) electrons. The minimum atomic E-state index is -0.414. The van der Waals surface area contributed by atoms with Gasteiger partial charge in [0.15, 0.2) is 11.5 Å². The zero-order valence-corrected chi connectivity index (χ0v) is 9.03. The first-order valence-electron chi connectivity index (χ1n) is 5.62. The lowest BCUT2D eigenvalue weighted by molar-refractivity contribution is 0.295. The zero-order chi connectivity index (χ0) is 11.2. The molecule has 3 rings (SSSR count). The second-order valence-electron chi connectivity index (χ2n) is 4.49. The SMILES string of the molecule is NC1(c2c(O)ccc3c2OCCCO3)CC1. The molecule has 1 aromatic carbocycles. The van der Waals surface area contributed by atoms with E-state index < -0.39 is 5.54 Å². The minimum absolute atomic E-state index is 0.212. The predicted molar refractivity (Wildman–Crippen MR) is 58.8 cm³/mol. The number of benzene rings is 1. The summed E-state index contributed by atoms with van der Waals surface area (Å²) in [6, 6.07) is 3.38. The molecule has 0 amide bonds. The molecule has 0 bridgehead atoms. The Kier molecular flexibility index (Phi) is 2.01. The van der Waals surface area contributed by atoms with Crippen molar-refractivity contribution < 1.29 is 14.6 Å². The molecule has 0 saturated heterocycles. The smallest absolute Gasteiger partial charge is 0.169 e. The van der Waals surface area contributed by atoms with Gasteiger partial charge in [-0.1, -0.05) is 0 Å². The second kappa shape index (κ2) is 3.28. The van der Waals surface area contributed by atoms with Crippen molar-refractivity contribution >= 4 is 0 Å². The molecule has 1 aromatic rings. The maximum atomic E-state index is 9.92. The summed E-state index contributed by atoms with van der Waals surface area (Å²) in [5.41, 5.74) is 6.45. The second-order valence-corrected chi connectivity index (χ2v) is 4.49. The van der Waals surface area contributed by atoms with Crippen molar-refractivity contribution in [3.8, 4) is 17.2 Å². The van der Waals surface area contributed by atoms with Crippen LogP contribution in [-0.2, 0) is 5.54 Å². The third kappa shape index (κ3) is 1.41. The molecule has 0 aromatic heterocycles. The third-order valence-electron chi connectivity index (χ3n) is 3.18. The van der Waals surface area contributed by atoms with Gasteiger partial charge in [-0.2, -0.15) is 0 Å². The van der Waals surface area contributed by atoms with Gasteiger partial charge in [-0.05, 0) is 25.0 Å². The van der Waals surface area contributed by atoms with Gasteiger partial charge in [0.05, 0.1) is 18.8 Å². The van der Waals surface area contributed by atoms with Gasteiger partial charge in [-0.25, -0.2) is 0 Å². The van der Waals surface area contributed by atoms with Gasteiger partial charge in [0.1, 0.15) is 5.75 Å². The van der Waals surface area contributed by atoms with Crippen LogP contribution in [0.3, 0.4) is 0 Å².